The van der Waals surface area contributed by atoms with E-state index in [1.807, 2.05) is 6.07 Å². The van der Waals surface area contributed by atoms with Crippen molar-refractivity contribution < 1.29 is 13.2 Å². The van der Waals surface area contributed by atoms with Gasteiger partial charge in [0.2, 0.25) is 15.9 Å². The quantitative estimate of drug-likeness (QED) is 0.851. The number of amides is 1. The van der Waals surface area contributed by atoms with Gasteiger partial charge < -0.3 is 5.73 Å². The first-order valence-corrected chi connectivity index (χ1v) is 8.12. The van der Waals surface area contributed by atoms with Crippen molar-refractivity contribution in [2.45, 2.75) is 6.04 Å². The lowest BCUT2D eigenvalue weighted by Gasteiger charge is -2.14. The first-order chi connectivity index (χ1) is 10.5. The molecule has 0 bridgehead atoms. The smallest absolute Gasteiger partial charge is 0.240 e. The highest BCUT2D eigenvalue weighted by Crippen LogP contribution is 2.14. The van der Waals surface area contributed by atoms with Crippen LogP contribution in [0.5, 0.6) is 0 Å². The molecule has 0 saturated heterocycles. The van der Waals surface area contributed by atoms with E-state index in [1.165, 1.54) is 6.08 Å². The highest BCUT2D eigenvalue weighted by molar-refractivity contribution is 7.92. The van der Waals surface area contributed by atoms with Crippen LogP contribution in [-0.2, 0) is 14.8 Å². The minimum atomic E-state index is -3.80. The summed E-state index contributed by atoms with van der Waals surface area (Å²) in [5.74, 6) is -0.761. The second-order valence-corrected chi connectivity index (χ2v) is 6.22. The molecule has 0 spiro atoms. The van der Waals surface area contributed by atoms with Crippen molar-refractivity contribution in [3.05, 3.63) is 77.2 Å². The summed E-state index contributed by atoms with van der Waals surface area (Å²) < 4.78 is 26.5. The van der Waals surface area contributed by atoms with Crippen LogP contribution in [0, 0.1) is 0 Å². The molecule has 22 heavy (non-hydrogen) atoms. The fourth-order valence-electron chi connectivity index (χ4n) is 1.87. The number of hydrogen-bond acceptors (Lipinski definition) is 3. The maximum absolute atomic E-state index is 12.1. The van der Waals surface area contributed by atoms with Gasteiger partial charge in [-0.2, -0.15) is 4.72 Å². The summed E-state index contributed by atoms with van der Waals surface area (Å²) in [6.07, 6.45) is 1.45. The Hall–Kier alpha value is -2.44. The molecule has 0 heterocycles. The lowest BCUT2D eigenvalue weighted by Crippen LogP contribution is -2.36. The van der Waals surface area contributed by atoms with Gasteiger partial charge in [-0.25, -0.2) is 8.42 Å². The molecule has 0 radical (unpaired) electrons. The van der Waals surface area contributed by atoms with Crippen molar-refractivity contribution >= 4 is 22.0 Å². The standard InChI is InChI=1S/C16H16N2O3S/c17-16(19)15(14-9-5-2-6-10-14)18-22(20,21)12-11-13-7-3-1-4-8-13/h1-12,15,18H,(H2,17,19)/b12-11+. The van der Waals surface area contributed by atoms with Crippen LogP contribution in [0.1, 0.15) is 17.2 Å². The average Bonchev–Trinajstić information content (AvgIpc) is 2.52. The third-order valence-electron chi connectivity index (χ3n) is 2.94. The van der Waals surface area contributed by atoms with Crippen molar-refractivity contribution in [2.75, 3.05) is 0 Å². The number of carbonyl (C=O) groups excluding carboxylic acids is 1. The minimum absolute atomic E-state index is 0.492. The fourth-order valence-corrected chi connectivity index (χ4v) is 2.87. The van der Waals surface area contributed by atoms with E-state index in [2.05, 4.69) is 4.72 Å². The Balaban J connectivity index is 2.19. The van der Waals surface area contributed by atoms with E-state index in [9.17, 15) is 13.2 Å². The van der Waals surface area contributed by atoms with Crippen LogP contribution in [0.3, 0.4) is 0 Å². The van der Waals surface area contributed by atoms with E-state index in [4.69, 9.17) is 5.73 Å². The Bertz CT molecular complexity index is 756. The molecular formula is C16H16N2O3S. The molecule has 0 fully saturated rings. The van der Waals surface area contributed by atoms with E-state index in [-0.39, 0.29) is 0 Å². The molecule has 0 saturated carbocycles. The maximum atomic E-state index is 12.1. The van der Waals surface area contributed by atoms with Crippen molar-refractivity contribution in [3.63, 3.8) is 0 Å². The predicted molar refractivity (Wildman–Crippen MR) is 85.9 cm³/mol. The number of primary amides is 1. The number of rotatable bonds is 6. The number of benzene rings is 2. The number of carbonyl (C=O) groups is 1. The Kier molecular flexibility index (Phi) is 5.08. The van der Waals surface area contributed by atoms with Gasteiger partial charge in [0.05, 0.1) is 0 Å². The van der Waals surface area contributed by atoms with E-state index in [1.54, 1.807) is 54.6 Å². The monoisotopic (exact) mass is 316 g/mol. The molecule has 5 nitrogen and oxygen atoms in total. The third kappa shape index (κ3) is 4.54. The summed E-state index contributed by atoms with van der Waals surface area (Å²) in [7, 11) is -3.80. The molecule has 1 atom stereocenters. The number of nitrogens with two attached hydrogens (primary N) is 1. The largest absolute Gasteiger partial charge is 0.368 e. The van der Waals surface area contributed by atoms with Crippen LogP contribution < -0.4 is 10.5 Å². The van der Waals surface area contributed by atoms with Crippen LogP contribution in [0.15, 0.2) is 66.1 Å². The van der Waals surface area contributed by atoms with Crippen molar-refractivity contribution in [2.24, 2.45) is 5.73 Å². The van der Waals surface area contributed by atoms with Gasteiger partial charge in [0, 0.05) is 5.41 Å². The zero-order chi connectivity index (χ0) is 16.0. The molecule has 3 N–H and O–H groups in total. The Morgan fingerprint density at radius 3 is 2.09 bits per heavy atom. The minimum Gasteiger partial charge on any atom is -0.368 e. The number of nitrogens with one attached hydrogen (secondary N) is 1. The van der Waals surface area contributed by atoms with Gasteiger partial charge >= 0.3 is 0 Å². The molecule has 0 aliphatic carbocycles. The van der Waals surface area contributed by atoms with Gasteiger partial charge in [0.25, 0.3) is 0 Å². The molecule has 0 aromatic heterocycles. The van der Waals surface area contributed by atoms with Crippen LogP contribution in [0.4, 0.5) is 0 Å². The summed E-state index contributed by atoms with van der Waals surface area (Å²) in [6.45, 7) is 0. The average molecular weight is 316 g/mol. The lowest BCUT2D eigenvalue weighted by molar-refractivity contribution is -0.119. The van der Waals surface area contributed by atoms with E-state index < -0.39 is 22.0 Å². The first-order valence-electron chi connectivity index (χ1n) is 6.58. The molecular weight excluding hydrogens is 300 g/mol. The second kappa shape index (κ2) is 7.02. The zero-order valence-corrected chi connectivity index (χ0v) is 12.5. The topological polar surface area (TPSA) is 89.3 Å². The number of hydrogen-bond donors (Lipinski definition) is 2. The molecule has 2 aromatic carbocycles. The highest BCUT2D eigenvalue weighted by Gasteiger charge is 2.22. The third-order valence-corrected chi connectivity index (χ3v) is 4.00. The number of sulfonamides is 1. The lowest BCUT2D eigenvalue weighted by atomic mass is 10.1. The van der Waals surface area contributed by atoms with Crippen molar-refractivity contribution in [1.82, 2.24) is 4.72 Å². The van der Waals surface area contributed by atoms with Gasteiger partial charge in [-0.05, 0) is 17.2 Å². The van der Waals surface area contributed by atoms with Crippen molar-refractivity contribution in [1.29, 1.82) is 0 Å². The van der Waals surface area contributed by atoms with Gasteiger partial charge in [0.1, 0.15) is 6.04 Å². The Morgan fingerprint density at radius 1 is 1.00 bits per heavy atom. The summed E-state index contributed by atoms with van der Waals surface area (Å²) in [5.41, 5.74) is 6.52. The van der Waals surface area contributed by atoms with Gasteiger partial charge in [0.15, 0.2) is 0 Å². The van der Waals surface area contributed by atoms with Crippen LogP contribution >= 0.6 is 0 Å². The van der Waals surface area contributed by atoms with E-state index in [0.29, 0.717) is 5.56 Å². The van der Waals surface area contributed by atoms with Gasteiger partial charge in [-0.15, -0.1) is 0 Å². The molecule has 2 aromatic rings. The molecule has 1 unspecified atom stereocenters. The summed E-state index contributed by atoms with van der Waals surface area (Å²) >= 11 is 0. The molecule has 6 heteroatoms. The van der Waals surface area contributed by atoms with Crippen LogP contribution in [0.2, 0.25) is 0 Å². The Morgan fingerprint density at radius 2 is 1.55 bits per heavy atom. The van der Waals surface area contributed by atoms with E-state index in [0.717, 1.165) is 11.0 Å². The summed E-state index contributed by atoms with van der Waals surface area (Å²) in [6, 6.07) is 16.3. The van der Waals surface area contributed by atoms with Crippen LogP contribution in [-0.4, -0.2) is 14.3 Å². The first kappa shape index (κ1) is 15.9. The summed E-state index contributed by atoms with van der Waals surface area (Å²) in [4.78, 5) is 11.5. The molecule has 0 aliphatic rings. The molecule has 114 valence electrons. The SMILES string of the molecule is NC(=O)C(NS(=O)(=O)/C=C/c1ccccc1)c1ccccc1. The highest BCUT2D eigenvalue weighted by atomic mass is 32.2. The molecule has 1 amide bonds. The molecule has 2 rings (SSSR count). The Labute approximate surface area is 129 Å². The van der Waals surface area contributed by atoms with E-state index >= 15 is 0 Å². The zero-order valence-electron chi connectivity index (χ0n) is 11.7. The molecule has 0 aliphatic heterocycles. The maximum Gasteiger partial charge on any atom is 0.240 e. The van der Waals surface area contributed by atoms with Crippen LogP contribution in [0.25, 0.3) is 6.08 Å². The second-order valence-electron chi connectivity index (χ2n) is 4.62. The predicted octanol–water partition coefficient (Wildman–Crippen LogP) is 1.80. The fraction of sp³-hybridized carbons (Fsp3) is 0.0625. The van der Waals surface area contributed by atoms with Gasteiger partial charge in [-0.3, -0.25) is 4.79 Å². The summed E-state index contributed by atoms with van der Waals surface area (Å²) in [5, 5.41) is 1.02. The van der Waals surface area contributed by atoms with Crippen molar-refractivity contribution in [3.8, 4) is 0 Å². The van der Waals surface area contributed by atoms with Gasteiger partial charge in [-0.1, -0.05) is 60.7 Å². The normalized spacial score (nSPS) is 13.1.